The van der Waals surface area contributed by atoms with Crippen LogP contribution in [0.3, 0.4) is 0 Å². The fraction of sp³-hybridized carbons (Fsp3) is 0.200. The zero-order chi connectivity index (χ0) is 25.3. The standard InChI is InChI=1S/C25H20F4N2O4/c1-14-22(35-18-6-3-5-17(12-18)25(27,28)29)19-7-4-10-30-23(19)31(14)13-16-8-9-20(26)21(11-16)34-15(2)24(32)33/h3-12,15H,13H2,1-2H3,(H,32,33). The van der Waals surface area contributed by atoms with Gasteiger partial charge in [0.1, 0.15) is 11.4 Å². The van der Waals surface area contributed by atoms with Crippen LogP contribution >= 0.6 is 0 Å². The van der Waals surface area contributed by atoms with E-state index in [9.17, 15) is 22.4 Å². The number of carboxylic acid groups (broad SMARTS) is 1. The van der Waals surface area contributed by atoms with Gasteiger partial charge in [-0.1, -0.05) is 12.1 Å². The van der Waals surface area contributed by atoms with E-state index in [1.165, 1.54) is 37.3 Å². The van der Waals surface area contributed by atoms with Crippen LogP contribution in [0.5, 0.6) is 17.2 Å². The van der Waals surface area contributed by atoms with Gasteiger partial charge >= 0.3 is 12.1 Å². The number of halogens is 4. The van der Waals surface area contributed by atoms with Crippen LogP contribution in [0.2, 0.25) is 0 Å². The number of rotatable bonds is 7. The minimum absolute atomic E-state index is 0.0194. The number of hydrogen-bond donors (Lipinski definition) is 1. The highest BCUT2D eigenvalue weighted by atomic mass is 19.4. The molecule has 10 heteroatoms. The first-order valence-corrected chi connectivity index (χ1v) is 10.5. The van der Waals surface area contributed by atoms with Crippen LogP contribution in [-0.4, -0.2) is 26.7 Å². The number of fused-ring (bicyclic) bond motifs is 1. The molecule has 1 atom stereocenters. The average molecular weight is 488 g/mol. The van der Waals surface area contributed by atoms with E-state index in [1.54, 1.807) is 29.8 Å². The summed E-state index contributed by atoms with van der Waals surface area (Å²) in [6.45, 7) is 3.22. The third-order valence-corrected chi connectivity index (χ3v) is 5.39. The highest BCUT2D eigenvalue weighted by Gasteiger charge is 2.31. The van der Waals surface area contributed by atoms with Crippen molar-refractivity contribution in [2.75, 3.05) is 0 Å². The fourth-order valence-corrected chi connectivity index (χ4v) is 3.60. The van der Waals surface area contributed by atoms with Gasteiger partial charge in [-0.2, -0.15) is 13.2 Å². The second-order valence-corrected chi connectivity index (χ2v) is 7.87. The van der Waals surface area contributed by atoms with Gasteiger partial charge in [-0.25, -0.2) is 14.2 Å². The summed E-state index contributed by atoms with van der Waals surface area (Å²) in [5.41, 5.74) is 0.860. The molecule has 0 aliphatic rings. The van der Waals surface area contributed by atoms with Crippen LogP contribution in [0.15, 0.2) is 60.8 Å². The van der Waals surface area contributed by atoms with Crippen molar-refractivity contribution in [3.8, 4) is 17.2 Å². The lowest BCUT2D eigenvalue weighted by atomic mass is 10.2. The number of carboxylic acids is 1. The van der Waals surface area contributed by atoms with E-state index < -0.39 is 29.6 Å². The lowest BCUT2D eigenvalue weighted by Gasteiger charge is -2.14. The maximum absolute atomic E-state index is 14.2. The van der Waals surface area contributed by atoms with Gasteiger partial charge in [-0.15, -0.1) is 0 Å². The van der Waals surface area contributed by atoms with E-state index >= 15 is 0 Å². The van der Waals surface area contributed by atoms with Gasteiger partial charge in [0.25, 0.3) is 0 Å². The van der Waals surface area contributed by atoms with Gasteiger partial charge in [0.05, 0.1) is 16.6 Å². The Kier molecular flexibility index (Phi) is 6.38. The summed E-state index contributed by atoms with van der Waals surface area (Å²) >= 11 is 0. The Labute approximate surface area is 197 Å². The van der Waals surface area contributed by atoms with Crippen molar-refractivity contribution >= 4 is 17.0 Å². The third-order valence-electron chi connectivity index (χ3n) is 5.39. The summed E-state index contributed by atoms with van der Waals surface area (Å²) in [6, 6.07) is 12.1. The molecule has 35 heavy (non-hydrogen) atoms. The summed E-state index contributed by atoms with van der Waals surface area (Å²) in [5, 5.41) is 9.63. The molecule has 4 aromatic rings. The van der Waals surface area contributed by atoms with Crippen molar-refractivity contribution in [2.24, 2.45) is 0 Å². The first-order valence-electron chi connectivity index (χ1n) is 10.5. The molecule has 2 aromatic heterocycles. The molecule has 0 saturated carbocycles. The quantitative estimate of drug-likeness (QED) is 0.314. The highest BCUT2D eigenvalue weighted by molar-refractivity contribution is 5.86. The fourth-order valence-electron chi connectivity index (χ4n) is 3.60. The molecule has 0 saturated heterocycles. The minimum atomic E-state index is -4.51. The van der Waals surface area contributed by atoms with Crippen molar-refractivity contribution in [3.05, 3.63) is 83.4 Å². The van der Waals surface area contributed by atoms with Gasteiger partial charge in [-0.3, -0.25) is 0 Å². The molecule has 2 aromatic carbocycles. The minimum Gasteiger partial charge on any atom is -0.479 e. The van der Waals surface area contributed by atoms with Crippen LogP contribution in [-0.2, 0) is 17.5 Å². The summed E-state index contributed by atoms with van der Waals surface area (Å²) in [7, 11) is 0. The van der Waals surface area contributed by atoms with E-state index in [0.717, 1.165) is 12.1 Å². The monoisotopic (exact) mass is 488 g/mol. The number of carbonyl (C=O) groups is 1. The second-order valence-electron chi connectivity index (χ2n) is 7.87. The SMILES string of the molecule is Cc1c(Oc2cccc(C(F)(F)F)c2)c2cccnc2n1Cc1ccc(F)c(OC(C)C(=O)O)c1. The summed E-state index contributed by atoms with van der Waals surface area (Å²) < 4.78 is 66.5. The zero-order valence-electron chi connectivity index (χ0n) is 18.6. The van der Waals surface area contributed by atoms with Crippen LogP contribution < -0.4 is 9.47 Å². The van der Waals surface area contributed by atoms with Gasteiger partial charge in [0, 0.05) is 12.7 Å². The first kappa shape index (κ1) is 24.1. The third kappa shape index (κ3) is 5.06. The van der Waals surface area contributed by atoms with Crippen molar-refractivity contribution in [1.82, 2.24) is 9.55 Å². The molecule has 6 nitrogen and oxygen atoms in total. The molecule has 182 valence electrons. The predicted molar refractivity (Wildman–Crippen MR) is 119 cm³/mol. The molecule has 0 aliphatic carbocycles. The lowest BCUT2D eigenvalue weighted by Crippen LogP contribution is -2.23. The van der Waals surface area contributed by atoms with Crippen molar-refractivity contribution in [1.29, 1.82) is 0 Å². The molecule has 0 amide bonds. The van der Waals surface area contributed by atoms with E-state index in [4.69, 9.17) is 14.6 Å². The number of benzene rings is 2. The van der Waals surface area contributed by atoms with Crippen LogP contribution in [0.1, 0.15) is 23.7 Å². The molecular formula is C25H20F4N2O4. The Morgan fingerprint density at radius 2 is 1.91 bits per heavy atom. The van der Waals surface area contributed by atoms with Crippen molar-refractivity contribution in [2.45, 2.75) is 32.7 Å². The summed E-state index contributed by atoms with van der Waals surface area (Å²) in [4.78, 5) is 15.5. The number of aromatic nitrogens is 2. The second kappa shape index (κ2) is 9.28. The number of ether oxygens (including phenoxy) is 2. The Bertz CT molecular complexity index is 1400. The Morgan fingerprint density at radius 3 is 2.63 bits per heavy atom. The van der Waals surface area contributed by atoms with Gasteiger partial charge in [-0.05, 0) is 61.9 Å². The largest absolute Gasteiger partial charge is 0.479 e. The average Bonchev–Trinajstić information content (AvgIpc) is 3.06. The van der Waals surface area contributed by atoms with E-state index in [2.05, 4.69) is 4.98 Å². The highest BCUT2D eigenvalue weighted by Crippen LogP contribution is 2.38. The topological polar surface area (TPSA) is 73.6 Å². The summed E-state index contributed by atoms with van der Waals surface area (Å²) in [6.07, 6.45) is -4.19. The molecule has 4 rings (SSSR count). The number of hydrogen-bond acceptors (Lipinski definition) is 4. The molecule has 0 spiro atoms. The molecule has 0 bridgehead atoms. The van der Waals surface area contributed by atoms with Gasteiger partial charge in [0.2, 0.25) is 0 Å². The smallest absolute Gasteiger partial charge is 0.416 e. The molecular weight excluding hydrogens is 468 g/mol. The molecule has 0 radical (unpaired) electrons. The molecule has 0 aliphatic heterocycles. The Hall–Kier alpha value is -4.08. The maximum atomic E-state index is 14.2. The van der Waals surface area contributed by atoms with E-state index in [-0.39, 0.29) is 18.0 Å². The van der Waals surface area contributed by atoms with Crippen LogP contribution in [0.25, 0.3) is 11.0 Å². The molecule has 0 fully saturated rings. The van der Waals surface area contributed by atoms with E-state index in [0.29, 0.717) is 28.0 Å². The number of alkyl halides is 3. The number of nitrogens with zero attached hydrogens (tertiary/aromatic N) is 2. The van der Waals surface area contributed by atoms with E-state index in [1.807, 2.05) is 0 Å². The first-order chi connectivity index (χ1) is 16.5. The van der Waals surface area contributed by atoms with Crippen molar-refractivity contribution in [3.63, 3.8) is 0 Å². The van der Waals surface area contributed by atoms with Crippen molar-refractivity contribution < 1.29 is 36.9 Å². The molecule has 1 unspecified atom stereocenters. The normalized spacial score (nSPS) is 12.5. The van der Waals surface area contributed by atoms with Gasteiger partial charge in [0.15, 0.2) is 23.4 Å². The Morgan fingerprint density at radius 1 is 1.14 bits per heavy atom. The number of aliphatic carboxylic acids is 1. The number of pyridine rings is 1. The Balaban J connectivity index is 1.71. The maximum Gasteiger partial charge on any atom is 0.416 e. The molecule has 1 N–H and O–H groups in total. The summed E-state index contributed by atoms with van der Waals surface area (Å²) in [5.74, 6) is -1.79. The van der Waals surface area contributed by atoms with Crippen LogP contribution in [0, 0.1) is 12.7 Å². The van der Waals surface area contributed by atoms with Gasteiger partial charge < -0.3 is 19.1 Å². The zero-order valence-corrected chi connectivity index (χ0v) is 18.6. The van der Waals surface area contributed by atoms with Crippen LogP contribution in [0.4, 0.5) is 17.6 Å². The molecule has 2 heterocycles. The lowest BCUT2D eigenvalue weighted by molar-refractivity contribution is -0.144. The predicted octanol–water partition coefficient (Wildman–Crippen LogP) is 6.20.